The number of imidazole rings is 1. The third-order valence-electron chi connectivity index (χ3n) is 3.00. The SMILES string of the molecule is Cc1nc2ccc(-c3[nH]nc(N(C)C)c3Br)cc2[nH]1. The number of benzene rings is 1. The number of fused-ring (bicyclic) bond motifs is 1. The zero-order valence-corrected chi connectivity index (χ0v) is 12.5. The van der Waals surface area contributed by atoms with Crippen LogP contribution in [0.4, 0.5) is 5.82 Å². The van der Waals surface area contributed by atoms with E-state index in [1.54, 1.807) is 0 Å². The molecule has 98 valence electrons. The van der Waals surface area contributed by atoms with Crippen molar-refractivity contribution in [3.63, 3.8) is 0 Å². The summed E-state index contributed by atoms with van der Waals surface area (Å²) in [5, 5.41) is 7.38. The van der Waals surface area contributed by atoms with E-state index >= 15 is 0 Å². The number of halogens is 1. The lowest BCUT2D eigenvalue weighted by Crippen LogP contribution is -2.09. The third-order valence-corrected chi connectivity index (χ3v) is 3.75. The Balaban J connectivity index is 2.13. The van der Waals surface area contributed by atoms with Gasteiger partial charge in [0, 0.05) is 19.7 Å². The van der Waals surface area contributed by atoms with Crippen molar-refractivity contribution in [3.05, 3.63) is 28.5 Å². The predicted octanol–water partition coefficient (Wildman–Crippen LogP) is 3.09. The first kappa shape index (κ1) is 12.2. The van der Waals surface area contributed by atoms with Crippen LogP contribution in [0.15, 0.2) is 22.7 Å². The molecule has 0 unspecified atom stereocenters. The minimum absolute atomic E-state index is 0.885. The second-order valence-electron chi connectivity index (χ2n) is 4.68. The Morgan fingerprint density at radius 1 is 1.26 bits per heavy atom. The fraction of sp³-hybridized carbons (Fsp3) is 0.231. The molecule has 0 saturated heterocycles. The Hall–Kier alpha value is -1.82. The summed E-state index contributed by atoms with van der Waals surface area (Å²) in [4.78, 5) is 9.61. The van der Waals surface area contributed by atoms with E-state index in [9.17, 15) is 0 Å². The second kappa shape index (κ2) is 4.38. The first-order chi connectivity index (χ1) is 9.06. The number of nitrogens with zero attached hydrogens (tertiary/aromatic N) is 3. The maximum atomic E-state index is 4.40. The van der Waals surface area contributed by atoms with E-state index in [0.29, 0.717) is 0 Å². The van der Waals surface area contributed by atoms with Crippen LogP contribution in [0.1, 0.15) is 5.82 Å². The molecule has 0 spiro atoms. The fourth-order valence-electron chi connectivity index (χ4n) is 2.10. The molecular formula is C13H14BrN5. The maximum absolute atomic E-state index is 4.40. The molecule has 0 aliphatic carbocycles. The molecule has 5 nitrogen and oxygen atoms in total. The van der Waals surface area contributed by atoms with Crippen molar-refractivity contribution < 1.29 is 0 Å². The van der Waals surface area contributed by atoms with Gasteiger partial charge >= 0.3 is 0 Å². The summed E-state index contributed by atoms with van der Waals surface area (Å²) < 4.78 is 0.966. The number of rotatable bonds is 2. The summed E-state index contributed by atoms with van der Waals surface area (Å²) in [5.41, 5.74) is 4.05. The van der Waals surface area contributed by atoms with Crippen molar-refractivity contribution in [2.24, 2.45) is 0 Å². The molecule has 3 aromatic rings. The maximum Gasteiger partial charge on any atom is 0.164 e. The molecule has 2 heterocycles. The molecule has 6 heteroatoms. The molecular weight excluding hydrogens is 306 g/mol. The lowest BCUT2D eigenvalue weighted by Gasteiger charge is -2.08. The molecule has 0 radical (unpaired) electrons. The topological polar surface area (TPSA) is 60.6 Å². The lowest BCUT2D eigenvalue weighted by molar-refractivity contribution is 1.01. The normalized spacial score (nSPS) is 11.2. The molecule has 0 atom stereocenters. The minimum atomic E-state index is 0.885. The van der Waals surface area contributed by atoms with Gasteiger partial charge in [-0.1, -0.05) is 6.07 Å². The summed E-state index contributed by atoms with van der Waals surface area (Å²) in [7, 11) is 3.93. The Morgan fingerprint density at radius 2 is 2.05 bits per heavy atom. The number of aromatic amines is 2. The number of aryl methyl sites for hydroxylation is 1. The van der Waals surface area contributed by atoms with E-state index in [-0.39, 0.29) is 0 Å². The molecule has 0 aliphatic rings. The van der Waals surface area contributed by atoms with E-state index in [0.717, 1.165) is 38.4 Å². The van der Waals surface area contributed by atoms with Gasteiger partial charge in [-0.2, -0.15) is 5.10 Å². The number of H-pyrrole nitrogens is 2. The quantitative estimate of drug-likeness (QED) is 0.763. The summed E-state index contributed by atoms with van der Waals surface area (Å²) in [6.45, 7) is 1.95. The average molecular weight is 320 g/mol. The summed E-state index contributed by atoms with van der Waals surface area (Å²) in [6.07, 6.45) is 0. The smallest absolute Gasteiger partial charge is 0.164 e. The molecule has 3 rings (SSSR count). The van der Waals surface area contributed by atoms with Crippen LogP contribution in [0.2, 0.25) is 0 Å². The highest BCUT2D eigenvalue weighted by atomic mass is 79.9. The van der Waals surface area contributed by atoms with Crippen molar-refractivity contribution in [2.45, 2.75) is 6.92 Å². The Labute approximate surface area is 119 Å². The average Bonchev–Trinajstić information content (AvgIpc) is 2.89. The van der Waals surface area contributed by atoms with Gasteiger partial charge < -0.3 is 9.88 Å². The Morgan fingerprint density at radius 3 is 2.74 bits per heavy atom. The van der Waals surface area contributed by atoms with Crippen LogP contribution in [0, 0.1) is 6.92 Å². The summed E-state index contributed by atoms with van der Waals surface area (Å²) in [6, 6.07) is 6.13. The number of anilines is 1. The van der Waals surface area contributed by atoms with Crippen LogP contribution >= 0.6 is 15.9 Å². The molecule has 0 amide bonds. The van der Waals surface area contributed by atoms with E-state index in [2.05, 4.69) is 42.2 Å². The van der Waals surface area contributed by atoms with Crippen LogP contribution in [0.25, 0.3) is 22.3 Å². The second-order valence-corrected chi connectivity index (χ2v) is 5.48. The van der Waals surface area contributed by atoms with Crippen LogP contribution in [-0.2, 0) is 0 Å². The van der Waals surface area contributed by atoms with Gasteiger partial charge in [-0.3, -0.25) is 5.10 Å². The van der Waals surface area contributed by atoms with Gasteiger partial charge in [-0.15, -0.1) is 0 Å². The van der Waals surface area contributed by atoms with Crippen molar-refractivity contribution in [1.29, 1.82) is 0 Å². The monoisotopic (exact) mass is 319 g/mol. The highest BCUT2D eigenvalue weighted by Crippen LogP contribution is 2.33. The van der Waals surface area contributed by atoms with Crippen LogP contribution in [0.5, 0.6) is 0 Å². The van der Waals surface area contributed by atoms with Crippen LogP contribution in [0.3, 0.4) is 0 Å². The highest BCUT2D eigenvalue weighted by Gasteiger charge is 2.14. The predicted molar refractivity (Wildman–Crippen MR) is 80.4 cm³/mol. The Kier molecular flexibility index (Phi) is 2.82. The molecule has 19 heavy (non-hydrogen) atoms. The van der Waals surface area contributed by atoms with Crippen molar-refractivity contribution in [2.75, 3.05) is 19.0 Å². The van der Waals surface area contributed by atoms with E-state index in [1.165, 1.54) is 0 Å². The fourth-order valence-corrected chi connectivity index (χ4v) is 2.86. The molecule has 2 N–H and O–H groups in total. The number of nitrogens with one attached hydrogen (secondary N) is 2. The molecule has 0 saturated carbocycles. The Bertz CT molecular complexity index is 741. The first-order valence-corrected chi connectivity index (χ1v) is 6.73. The van der Waals surface area contributed by atoms with Crippen molar-refractivity contribution in [1.82, 2.24) is 20.2 Å². The number of hydrogen-bond acceptors (Lipinski definition) is 3. The largest absolute Gasteiger partial charge is 0.360 e. The van der Waals surface area contributed by atoms with Gasteiger partial charge in [-0.25, -0.2) is 4.98 Å². The number of hydrogen-bond donors (Lipinski definition) is 2. The van der Waals surface area contributed by atoms with E-state index < -0.39 is 0 Å². The summed E-state index contributed by atoms with van der Waals surface area (Å²) in [5.74, 6) is 1.81. The van der Waals surface area contributed by atoms with Crippen molar-refractivity contribution in [3.8, 4) is 11.3 Å². The molecule has 0 bridgehead atoms. The summed E-state index contributed by atoms with van der Waals surface area (Å²) >= 11 is 3.60. The first-order valence-electron chi connectivity index (χ1n) is 5.94. The number of aromatic nitrogens is 4. The van der Waals surface area contributed by atoms with Crippen LogP contribution < -0.4 is 4.90 Å². The molecule has 2 aromatic heterocycles. The highest BCUT2D eigenvalue weighted by molar-refractivity contribution is 9.10. The molecule has 0 fully saturated rings. The lowest BCUT2D eigenvalue weighted by atomic mass is 10.1. The van der Waals surface area contributed by atoms with Gasteiger partial charge in [0.05, 0.1) is 21.2 Å². The van der Waals surface area contributed by atoms with Crippen molar-refractivity contribution >= 4 is 32.8 Å². The third kappa shape index (κ3) is 2.02. The van der Waals surface area contributed by atoms with Gasteiger partial charge in [0.25, 0.3) is 0 Å². The molecule has 1 aromatic carbocycles. The van der Waals surface area contributed by atoms with E-state index in [1.807, 2.05) is 38.1 Å². The van der Waals surface area contributed by atoms with Gasteiger partial charge in [0.1, 0.15) is 5.82 Å². The molecule has 0 aliphatic heterocycles. The minimum Gasteiger partial charge on any atom is -0.360 e. The zero-order valence-electron chi connectivity index (χ0n) is 11.0. The standard InChI is InChI=1S/C13H14BrN5/c1-7-15-9-5-4-8(6-10(9)16-7)12-11(14)13(18-17-12)19(2)3/h4-6H,1-3H3,(H,15,16)(H,17,18). The van der Waals surface area contributed by atoms with Gasteiger partial charge in [-0.05, 0) is 35.0 Å². The van der Waals surface area contributed by atoms with E-state index in [4.69, 9.17) is 0 Å². The van der Waals surface area contributed by atoms with Gasteiger partial charge in [0.15, 0.2) is 5.82 Å². The van der Waals surface area contributed by atoms with Crippen LogP contribution in [-0.4, -0.2) is 34.3 Å². The van der Waals surface area contributed by atoms with Gasteiger partial charge in [0.2, 0.25) is 0 Å². The zero-order chi connectivity index (χ0) is 13.6.